The molecule has 1 fully saturated rings. The van der Waals surface area contributed by atoms with Gasteiger partial charge >= 0.3 is 0 Å². The summed E-state index contributed by atoms with van der Waals surface area (Å²) in [5, 5.41) is 0.835. The van der Waals surface area contributed by atoms with Crippen molar-refractivity contribution in [2.24, 2.45) is 5.92 Å². The summed E-state index contributed by atoms with van der Waals surface area (Å²) >= 11 is 11.8. The molecule has 5 heteroatoms. The summed E-state index contributed by atoms with van der Waals surface area (Å²) in [5.74, 6) is 0.993. The van der Waals surface area contributed by atoms with E-state index in [1.807, 2.05) is 0 Å². The fourth-order valence-corrected chi connectivity index (χ4v) is 4.25. The van der Waals surface area contributed by atoms with Gasteiger partial charge in [0.15, 0.2) is 5.78 Å². The van der Waals surface area contributed by atoms with Crippen molar-refractivity contribution in [3.8, 4) is 0 Å². The monoisotopic (exact) mass is 318 g/mol. The summed E-state index contributed by atoms with van der Waals surface area (Å²) in [5.41, 5.74) is 0.369. The molecule has 0 aromatic heterocycles. The minimum Gasteiger partial charge on any atom is -0.293 e. The Bertz CT molecular complexity index is 496. The molecule has 1 aliphatic carbocycles. The lowest BCUT2D eigenvalue weighted by atomic mass is 10.1. The quantitative estimate of drug-likeness (QED) is 0.765. The Morgan fingerprint density at radius 3 is 2.63 bits per heavy atom. The molecule has 0 radical (unpaired) electrons. The SMILES string of the molecule is O=C(CS(=O)CC1CCCC1)c1cc(Cl)ccc1Cl. The highest BCUT2D eigenvalue weighted by Crippen LogP contribution is 2.26. The summed E-state index contributed by atoms with van der Waals surface area (Å²) in [4.78, 5) is 12.1. The van der Waals surface area contributed by atoms with E-state index < -0.39 is 10.8 Å². The molecule has 1 aliphatic rings. The van der Waals surface area contributed by atoms with Gasteiger partial charge in [0.25, 0.3) is 0 Å². The summed E-state index contributed by atoms with van der Waals surface area (Å²) in [6, 6.07) is 4.77. The van der Waals surface area contributed by atoms with Crippen LogP contribution in [-0.4, -0.2) is 21.5 Å². The molecule has 19 heavy (non-hydrogen) atoms. The van der Waals surface area contributed by atoms with E-state index in [0.29, 0.717) is 27.3 Å². The first-order valence-corrected chi connectivity index (χ1v) is 8.64. The van der Waals surface area contributed by atoms with Crippen molar-refractivity contribution in [1.82, 2.24) is 0 Å². The van der Waals surface area contributed by atoms with Gasteiger partial charge in [0.2, 0.25) is 0 Å². The van der Waals surface area contributed by atoms with E-state index in [0.717, 1.165) is 12.8 Å². The number of rotatable bonds is 5. The predicted molar refractivity (Wildman–Crippen MR) is 80.6 cm³/mol. The third-order valence-corrected chi connectivity index (χ3v) is 5.41. The maximum absolute atomic E-state index is 12.1. The van der Waals surface area contributed by atoms with Crippen molar-refractivity contribution in [1.29, 1.82) is 0 Å². The van der Waals surface area contributed by atoms with Crippen LogP contribution < -0.4 is 0 Å². The Kier molecular flexibility index (Phi) is 5.43. The van der Waals surface area contributed by atoms with E-state index in [4.69, 9.17) is 23.2 Å². The Morgan fingerprint density at radius 1 is 1.26 bits per heavy atom. The van der Waals surface area contributed by atoms with Crippen molar-refractivity contribution in [2.75, 3.05) is 11.5 Å². The van der Waals surface area contributed by atoms with Gasteiger partial charge in [0, 0.05) is 27.1 Å². The summed E-state index contributed by atoms with van der Waals surface area (Å²) in [6.07, 6.45) is 4.71. The second-order valence-electron chi connectivity index (χ2n) is 4.95. The van der Waals surface area contributed by atoms with E-state index in [9.17, 15) is 9.00 Å². The summed E-state index contributed by atoms with van der Waals surface area (Å²) in [7, 11) is -1.11. The van der Waals surface area contributed by atoms with Gasteiger partial charge in [-0.2, -0.15) is 0 Å². The number of Topliss-reactive ketones (excluding diaryl/α,β-unsaturated/α-hetero) is 1. The van der Waals surface area contributed by atoms with Gasteiger partial charge in [-0.05, 0) is 37.0 Å². The molecule has 1 aromatic carbocycles. The molecule has 0 bridgehead atoms. The topological polar surface area (TPSA) is 34.1 Å². The third kappa shape index (κ3) is 4.30. The molecule has 0 N–H and O–H groups in total. The van der Waals surface area contributed by atoms with Crippen molar-refractivity contribution in [3.05, 3.63) is 33.8 Å². The van der Waals surface area contributed by atoms with Crippen molar-refractivity contribution >= 4 is 39.8 Å². The van der Waals surface area contributed by atoms with Crippen LogP contribution in [0, 0.1) is 5.92 Å². The molecule has 0 saturated heterocycles. The van der Waals surface area contributed by atoms with Crippen LogP contribution in [0.5, 0.6) is 0 Å². The van der Waals surface area contributed by atoms with Crippen LogP contribution in [0.3, 0.4) is 0 Å². The second kappa shape index (κ2) is 6.87. The molecule has 1 saturated carbocycles. The molecule has 1 unspecified atom stereocenters. The molecule has 1 atom stereocenters. The molecular weight excluding hydrogens is 303 g/mol. The van der Waals surface area contributed by atoms with Gasteiger partial charge < -0.3 is 0 Å². The van der Waals surface area contributed by atoms with Crippen LogP contribution in [0.2, 0.25) is 10.0 Å². The van der Waals surface area contributed by atoms with Gasteiger partial charge in [-0.3, -0.25) is 9.00 Å². The number of benzene rings is 1. The lowest BCUT2D eigenvalue weighted by Gasteiger charge is -2.08. The van der Waals surface area contributed by atoms with Crippen LogP contribution in [0.25, 0.3) is 0 Å². The normalized spacial score (nSPS) is 17.6. The Hall–Kier alpha value is -0.380. The fraction of sp³-hybridized carbons (Fsp3) is 0.500. The van der Waals surface area contributed by atoms with E-state index in [2.05, 4.69) is 0 Å². The lowest BCUT2D eigenvalue weighted by Crippen LogP contribution is -2.17. The number of halogens is 2. The Morgan fingerprint density at radius 2 is 1.95 bits per heavy atom. The van der Waals surface area contributed by atoms with Gasteiger partial charge in [-0.15, -0.1) is 0 Å². The number of carbonyl (C=O) groups excluding carboxylic acids is 1. The molecule has 104 valence electrons. The fourth-order valence-electron chi connectivity index (χ4n) is 2.43. The van der Waals surface area contributed by atoms with E-state index >= 15 is 0 Å². The molecule has 2 nitrogen and oxygen atoms in total. The van der Waals surface area contributed by atoms with Crippen molar-refractivity contribution < 1.29 is 9.00 Å². The highest BCUT2D eigenvalue weighted by molar-refractivity contribution is 7.85. The predicted octanol–water partition coefficient (Wildman–Crippen LogP) is 4.12. The van der Waals surface area contributed by atoms with E-state index in [-0.39, 0.29) is 11.5 Å². The molecule has 0 aliphatic heterocycles. The third-order valence-electron chi connectivity index (χ3n) is 3.42. The van der Waals surface area contributed by atoms with Gasteiger partial charge in [0.1, 0.15) is 0 Å². The molecule has 2 rings (SSSR count). The minimum atomic E-state index is -1.11. The van der Waals surface area contributed by atoms with Crippen LogP contribution >= 0.6 is 23.2 Å². The average Bonchev–Trinajstić information content (AvgIpc) is 2.84. The molecule has 0 heterocycles. The molecule has 0 spiro atoms. The maximum Gasteiger partial charge on any atom is 0.176 e. The van der Waals surface area contributed by atoms with Crippen LogP contribution in [0.15, 0.2) is 18.2 Å². The smallest absolute Gasteiger partial charge is 0.176 e. The van der Waals surface area contributed by atoms with Gasteiger partial charge in [-0.25, -0.2) is 0 Å². The largest absolute Gasteiger partial charge is 0.293 e. The highest BCUT2D eigenvalue weighted by atomic mass is 35.5. The average molecular weight is 319 g/mol. The van der Waals surface area contributed by atoms with Crippen molar-refractivity contribution in [3.63, 3.8) is 0 Å². The summed E-state index contributed by atoms with van der Waals surface area (Å²) in [6.45, 7) is 0. The van der Waals surface area contributed by atoms with Gasteiger partial charge in [-0.1, -0.05) is 36.0 Å². The second-order valence-corrected chi connectivity index (χ2v) is 7.29. The van der Waals surface area contributed by atoms with Gasteiger partial charge in [0.05, 0.1) is 10.8 Å². The maximum atomic E-state index is 12.1. The molecular formula is C14H16Cl2O2S. The first kappa shape index (κ1) is 15.0. The first-order valence-electron chi connectivity index (χ1n) is 6.39. The zero-order chi connectivity index (χ0) is 13.8. The minimum absolute atomic E-state index is 0.0383. The zero-order valence-electron chi connectivity index (χ0n) is 10.5. The zero-order valence-corrected chi connectivity index (χ0v) is 12.9. The highest BCUT2D eigenvalue weighted by Gasteiger charge is 2.20. The first-order chi connectivity index (χ1) is 9.06. The lowest BCUT2D eigenvalue weighted by molar-refractivity contribution is 0.102. The Labute approximate surface area is 125 Å². The molecule has 1 aromatic rings. The van der Waals surface area contributed by atoms with Crippen LogP contribution in [-0.2, 0) is 10.8 Å². The van der Waals surface area contributed by atoms with E-state index in [1.54, 1.807) is 18.2 Å². The van der Waals surface area contributed by atoms with E-state index in [1.165, 1.54) is 12.8 Å². The number of carbonyl (C=O) groups is 1. The number of hydrogen-bond donors (Lipinski definition) is 0. The summed E-state index contributed by atoms with van der Waals surface area (Å²) < 4.78 is 12.0. The molecule has 0 amide bonds. The number of hydrogen-bond acceptors (Lipinski definition) is 2. The van der Waals surface area contributed by atoms with Crippen molar-refractivity contribution in [2.45, 2.75) is 25.7 Å². The standard InChI is InChI=1S/C14H16Cl2O2S/c15-11-5-6-13(16)12(7-11)14(17)9-19(18)8-10-3-1-2-4-10/h5-7,10H,1-4,8-9H2. The Balaban J connectivity index is 1.96. The number of ketones is 1. The van der Waals surface area contributed by atoms with Crippen LogP contribution in [0.4, 0.5) is 0 Å². The van der Waals surface area contributed by atoms with Crippen LogP contribution in [0.1, 0.15) is 36.0 Å².